The van der Waals surface area contributed by atoms with E-state index in [1.807, 2.05) is 17.8 Å². The average molecular weight is 504 g/mol. The first-order valence-electron chi connectivity index (χ1n) is 9.36. The fourth-order valence-electron chi connectivity index (χ4n) is 2.79. The number of halogens is 1. The Bertz CT molecular complexity index is 595. The topological polar surface area (TPSA) is 47.9 Å². The monoisotopic (exact) mass is 504 g/mol. The van der Waals surface area contributed by atoms with E-state index in [1.165, 1.54) is 5.56 Å². The van der Waals surface area contributed by atoms with Crippen molar-refractivity contribution in [1.82, 2.24) is 15.1 Å². The van der Waals surface area contributed by atoms with E-state index in [0.29, 0.717) is 11.2 Å². The van der Waals surface area contributed by atoms with Gasteiger partial charge >= 0.3 is 0 Å². The quantitative estimate of drug-likeness (QED) is 0.368. The molecule has 1 aromatic carbocycles. The first-order chi connectivity index (χ1) is 12.5. The van der Waals surface area contributed by atoms with Crippen molar-refractivity contribution in [2.75, 3.05) is 46.0 Å². The van der Waals surface area contributed by atoms with Gasteiger partial charge in [0.1, 0.15) is 6.54 Å². The van der Waals surface area contributed by atoms with Crippen molar-refractivity contribution in [3.63, 3.8) is 0 Å². The molecule has 1 saturated heterocycles. The van der Waals surface area contributed by atoms with Crippen LogP contribution in [0.15, 0.2) is 35.3 Å². The van der Waals surface area contributed by atoms with Crippen LogP contribution in [0.1, 0.15) is 19.4 Å². The van der Waals surface area contributed by atoms with Gasteiger partial charge in [-0.15, -0.1) is 24.0 Å². The van der Waals surface area contributed by atoms with Crippen molar-refractivity contribution >= 4 is 47.6 Å². The number of carbonyl (C=O) groups excluding carboxylic acids is 1. The van der Waals surface area contributed by atoms with Crippen LogP contribution in [0.4, 0.5) is 0 Å². The van der Waals surface area contributed by atoms with Crippen molar-refractivity contribution in [2.24, 2.45) is 10.9 Å². The standard InChI is InChI=1S/C20H32N4OS.HI/c1-16(2)18-15-24(12-13-26-18)20(22-14-19(25)23(3)4)21-11-10-17-8-6-5-7-9-17;/h5-9,16,18H,10-15H2,1-4H3,(H,21,22);1H. The van der Waals surface area contributed by atoms with Gasteiger partial charge in [-0.25, -0.2) is 4.99 Å². The van der Waals surface area contributed by atoms with Crippen molar-refractivity contribution in [1.29, 1.82) is 0 Å². The molecule has 1 unspecified atom stereocenters. The van der Waals surface area contributed by atoms with E-state index in [1.54, 1.807) is 19.0 Å². The molecule has 0 bridgehead atoms. The highest BCUT2D eigenvalue weighted by Gasteiger charge is 2.25. The number of aliphatic imine (C=N–C) groups is 1. The molecule has 0 saturated carbocycles. The van der Waals surface area contributed by atoms with Gasteiger partial charge in [0.2, 0.25) is 5.91 Å². The Morgan fingerprint density at radius 1 is 1.33 bits per heavy atom. The van der Waals surface area contributed by atoms with Gasteiger partial charge in [-0.1, -0.05) is 44.2 Å². The summed E-state index contributed by atoms with van der Waals surface area (Å²) in [7, 11) is 3.54. The summed E-state index contributed by atoms with van der Waals surface area (Å²) in [6, 6.07) is 10.4. The van der Waals surface area contributed by atoms with Crippen LogP contribution >= 0.6 is 35.7 Å². The number of thioether (sulfide) groups is 1. The molecule has 27 heavy (non-hydrogen) atoms. The predicted octanol–water partition coefficient (Wildman–Crippen LogP) is 2.95. The maximum absolute atomic E-state index is 12.0. The third kappa shape index (κ3) is 8.29. The molecule has 1 aliphatic heterocycles. The zero-order valence-corrected chi connectivity index (χ0v) is 20.0. The van der Waals surface area contributed by atoms with Gasteiger partial charge in [0.05, 0.1) is 0 Å². The Balaban J connectivity index is 0.00000364. The predicted molar refractivity (Wildman–Crippen MR) is 127 cm³/mol. The third-order valence-corrected chi connectivity index (χ3v) is 6.08. The summed E-state index contributed by atoms with van der Waals surface area (Å²) < 4.78 is 0. The van der Waals surface area contributed by atoms with Crippen molar-refractivity contribution in [3.05, 3.63) is 35.9 Å². The molecule has 0 spiro atoms. The molecule has 1 aliphatic rings. The summed E-state index contributed by atoms with van der Waals surface area (Å²) in [5.41, 5.74) is 1.30. The number of hydrogen-bond donors (Lipinski definition) is 1. The minimum absolute atomic E-state index is 0. The summed E-state index contributed by atoms with van der Waals surface area (Å²) in [4.78, 5) is 20.5. The molecular formula is C20H33IN4OS. The van der Waals surface area contributed by atoms with Crippen LogP contribution < -0.4 is 5.32 Å². The number of carbonyl (C=O) groups is 1. The molecule has 0 aliphatic carbocycles. The molecule has 1 fully saturated rings. The number of hydrogen-bond acceptors (Lipinski definition) is 3. The van der Waals surface area contributed by atoms with Crippen LogP contribution in [-0.2, 0) is 11.2 Å². The Kier molecular flexibility index (Phi) is 11.1. The van der Waals surface area contributed by atoms with Crippen molar-refractivity contribution < 1.29 is 4.79 Å². The molecule has 7 heteroatoms. The Labute approximate surface area is 185 Å². The lowest BCUT2D eigenvalue weighted by atomic mass is 10.1. The molecule has 1 amide bonds. The minimum atomic E-state index is 0. The molecule has 1 N–H and O–H groups in total. The maximum atomic E-state index is 12.0. The largest absolute Gasteiger partial charge is 0.356 e. The van der Waals surface area contributed by atoms with Gasteiger partial charge < -0.3 is 15.1 Å². The van der Waals surface area contributed by atoms with Crippen LogP contribution in [0.5, 0.6) is 0 Å². The fourth-order valence-corrected chi connectivity index (χ4v) is 4.08. The highest BCUT2D eigenvalue weighted by molar-refractivity contribution is 14.0. The lowest BCUT2D eigenvalue weighted by Gasteiger charge is -2.36. The van der Waals surface area contributed by atoms with E-state index >= 15 is 0 Å². The van der Waals surface area contributed by atoms with Crippen molar-refractivity contribution in [2.45, 2.75) is 25.5 Å². The van der Waals surface area contributed by atoms with Crippen LogP contribution in [0.25, 0.3) is 0 Å². The second-order valence-corrected chi connectivity index (χ2v) is 8.54. The van der Waals surface area contributed by atoms with E-state index in [-0.39, 0.29) is 36.4 Å². The number of rotatable bonds is 6. The van der Waals surface area contributed by atoms with E-state index in [0.717, 1.165) is 37.8 Å². The maximum Gasteiger partial charge on any atom is 0.243 e. The molecule has 152 valence electrons. The Morgan fingerprint density at radius 3 is 2.67 bits per heavy atom. The van der Waals surface area contributed by atoms with Gasteiger partial charge in [-0.2, -0.15) is 11.8 Å². The van der Waals surface area contributed by atoms with Crippen LogP contribution in [0.2, 0.25) is 0 Å². The summed E-state index contributed by atoms with van der Waals surface area (Å²) >= 11 is 2.04. The zero-order valence-electron chi connectivity index (χ0n) is 16.9. The molecular weight excluding hydrogens is 471 g/mol. The number of nitrogens with zero attached hydrogens (tertiary/aromatic N) is 3. The first-order valence-corrected chi connectivity index (χ1v) is 10.4. The van der Waals surface area contributed by atoms with E-state index in [9.17, 15) is 4.79 Å². The second-order valence-electron chi connectivity index (χ2n) is 7.19. The van der Waals surface area contributed by atoms with E-state index in [2.05, 4.69) is 53.3 Å². The van der Waals surface area contributed by atoms with Gasteiger partial charge in [0.15, 0.2) is 5.96 Å². The second kappa shape index (κ2) is 12.5. The SMILES string of the molecule is CC(C)C1CN(C(=NCC(=O)N(C)C)NCCc2ccccc2)CCS1.I. The molecule has 1 aromatic rings. The Morgan fingerprint density at radius 2 is 2.04 bits per heavy atom. The summed E-state index contributed by atoms with van der Waals surface area (Å²) in [6.07, 6.45) is 0.942. The van der Waals surface area contributed by atoms with E-state index in [4.69, 9.17) is 0 Å². The van der Waals surface area contributed by atoms with Gasteiger partial charge in [-0.3, -0.25) is 4.79 Å². The molecule has 1 heterocycles. The fraction of sp³-hybridized carbons (Fsp3) is 0.600. The van der Waals surface area contributed by atoms with Gasteiger partial charge in [-0.05, 0) is 17.9 Å². The van der Waals surface area contributed by atoms with Gasteiger partial charge in [0.25, 0.3) is 0 Å². The lowest BCUT2D eigenvalue weighted by Crippen LogP contribution is -2.49. The molecule has 2 rings (SSSR count). The molecule has 5 nitrogen and oxygen atoms in total. The Hall–Kier alpha value is -0.960. The molecule has 0 aromatic heterocycles. The summed E-state index contributed by atoms with van der Waals surface area (Å²) in [5, 5.41) is 4.09. The molecule has 1 atom stereocenters. The molecule has 0 radical (unpaired) electrons. The minimum Gasteiger partial charge on any atom is -0.356 e. The number of benzene rings is 1. The van der Waals surface area contributed by atoms with Gasteiger partial charge in [0, 0.05) is 44.7 Å². The van der Waals surface area contributed by atoms with E-state index < -0.39 is 0 Å². The average Bonchev–Trinajstić information content (AvgIpc) is 2.65. The van der Waals surface area contributed by atoms with Crippen molar-refractivity contribution in [3.8, 4) is 0 Å². The number of nitrogens with one attached hydrogen (secondary N) is 1. The zero-order chi connectivity index (χ0) is 18.9. The first kappa shape index (κ1) is 24.1. The number of amides is 1. The highest BCUT2D eigenvalue weighted by Crippen LogP contribution is 2.24. The van der Waals surface area contributed by atoms with Crippen LogP contribution in [-0.4, -0.2) is 72.9 Å². The normalized spacial score (nSPS) is 17.4. The smallest absolute Gasteiger partial charge is 0.243 e. The number of likely N-dealkylation sites (N-methyl/N-ethyl adjacent to an activating group) is 1. The lowest BCUT2D eigenvalue weighted by molar-refractivity contribution is -0.127. The highest BCUT2D eigenvalue weighted by atomic mass is 127. The third-order valence-electron chi connectivity index (χ3n) is 4.54. The van der Waals surface area contributed by atoms with Crippen LogP contribution in [0, 0.1) is 5.92 Å². The summed E-state index contributed by atoms with van der Waals surface area (Å²) in [5.74, 6) is 2.63. The van der Waals surface area contributed by atoms with Crippen LogP contribution in [0.3, 0.4) is 0 Å². The summed E-state index contributed by atoms with van der Waals surface area (Å²) in [6.45, 7) is 7.51. The number of guanidine groups is 1.